The van der Waals surface area contributed by atoms with Crippen molar-refractivity contribution in [2.75, 3.05) is 0 Å². The molecule has 15 heteroatoms. The lowest BCUT2D eigenvalue weighted by atomic mass is 9.79. The summed E-state index contributed by atoms with van der Waals surface area (Å²) in [5, 5.41) is 48.0. The molecule has 4 unspecified atom stereocenters. The van der Waals surface area contributed by atoms with Gasteiger partial charge in [0.05, 0.1) is 6.10 Å². The lowest BCUT2D eigenvalue weighted by molar-refractivity contribution is -0.207. The van der Waals surface area contributed by atoms with Gasteiger partial charge in [-0.25, -0.2) is 14.4 Å². The predicted octanol–water partition coefficient (Wildman–Crippen LogP) is 3.11. The largest absolute Gasteiger partial charge is 0.506 e. The van der Waals surface area contributed by atoms with Gasteiger partial charge in [-0.3, -0.25) is 0 Å². The smallest absolute Gasteiger partial charge is 0.348 e. The lowest BCUT2D eigenvalue weighted by Crippen LogP contribution is -2.58. The summed E-state index contributed by atoms with van der Waals surface area (Å²) in [4.78, 5) is 69.0. The third-order valence-electron chi connectivity index (χ3n) is 5.92. The number of carbonyl (C=O) groups is 3. The van der Waals surface area contributed by atoms with E-state index in [-0.39, 0.29) is 28.2 Å². The van der Waals surface area contributed by atoms with Crippen molar-refractivity contribution < 1.29 is 44.3 Å². The number of carboxylic acids is 1. The summed E-state index contributed by atoms with van der Waals surface area (Å²) in [5.74, 6) is -4.36. The maximum absolute atomic E-state index is 12.5. The lowest BCUT2D eigenvalue weighted by Gasteiger charge is -2.41. The Morgan fingerprint density at radius 2 is 1.40 bits per heavy atom. The Balaban J connectivity index is 1.74. The zero-order valence-corrected chi connectivity index (χ0v) is 20.3. The topological polar surface area (TPSA) is 239 Å². The fraction of sp³-hybridized carbons (Fsp3) is 0.240. The van der Waals surface area contributed by atoms with Gasteiger partial charge in [0.25, 0.3) is 0 Å². The molecule has 0 heterocycles. The van der Waals surface area contributed by atoms with E-state index < -0.39 is 60.4 Å². The van der Waals surface area contributed by atoms with Gasteiger partial charge in [0.2, 0.25) is 5.60 Å². The molecule has 4 atom stereocenters. The number of rotatable bonds is 10. The van der Waals surface area contributed by atoms with Gasteiger partial charge in [0, 0.05) is 25.0 Å². The van der Waals surface area contributed by atoms with Gasteiger partial charge < -0.3 is 29.9 Å². The van der Waals surface area contributed by atoms with E-state index in [0.717, 1.165) is 24.3 Å². The number of aliphatic carboxylic acids is 1. The van der Waals surface area contributed by atoms with Gasteiger partial charge in [0.1, 0.15) is 35.0 Å². The van der Waals surface area contributed by atoms with Gasteiger partial charge in [-0.15, -0.1) is 14.7 Å². The van der Waals surface area contributed by atoms with E-state index in [9.17, 15) is 49.5 Å². The Hall–Kier alpha value is -5.15. The number of nitrogens with zero attached hydrogens (tertiary/aromatic N) is 3. The Morgan fingerprint density at radius 1 is 0.825 bits per heavy atom. The van der Waals surface area contributed by atoms with E-state index in [1.165, 1.54) is 36.4 Å². The second-order valence-electron chi connectivity index (χ2n) is 8.60. The van der Waals surface area contributed by atoms with Crippen LogP contribution in [0.2, 0.25) is 0 Å². The van der Waals surface area contributed by atoms with Crippen molar-refractivity contribution in [3.63, 3.8) is 0 Å². The number of carbonyl (C=O) groups excluding carboxylic acids is 2. The number of aliphatic hydroxyl groups is 2. The van der Waals surface area contributed by atoms with Crippen LogP contribution in [0.25, 0.3) is 12.2 Å². The summed E-state index contributed by atoms with van der Waals surface area (Å²) >= 11 is 0. The van der Waals surface area contributed by atoms with Crippen LogP contribution in [0.15, 0.2) is 64.1 Å². The SMILES string of the molecule is O=Nc1ccc(/C=C/C(=O)OC2(C(=O)O)CC(O)C(O)C(OC(=O)/C=C/c3ccc(N=O)c(N=O)c3)C2)cc1O. The monoisotopic (exact) mass is 555 g/mol. The van der Waals surface area contributed by atoms with Crippen molar-refractivity contribution in [2.45, 2.75) is 36.8 Å². The number of nitroso groups, excluding NO2 is 3. The van der Waals surface area contributed by atoms with Crippen LogP contribution in [0.1, 0.15) is 24.0 Å². The van der Waals surface area contributed by atoms with Crippen molar-refractivity contribution in [3.05, 3.63) is 74.4 Å². The number of phenolic OH excluding ortho intramolecular Hbond substituents is 1. The van der Waals surface area contributed by atoms with E-state index >= 15 is 0 Å². The molecule has 3 rings (SSSR count). The van der Waals surface area contributed by atoms with Crippen molar-refractivity contribution in [2.24, 2.45) is 15.5 Å². The van der Waals surface area contributed by atoms with Crippen LogP contribution in [0.4, 0.5) is 17.1 Å². The zero-order chi connectivity index (χ0) is 29.4. The standard InChI is InChI=1S/C25H21N3O12/c29-18-10-14(2-6-16(18)27-37)4-8-22(32)40-25(24(34)35)11-19(30)23(33)20(12-25)39-21(31)7-3-13-1-5-15(26-36)17(9-13)28-38/h1-10,19-20,23,29-30,33H,11-12H2,(H,34,35)/b7-3+,8-4+. The Labute approximate surface area is 224 Å². The number of phenols is 1. The molecular formula is C25H21N3O12. The summed E-state index contributed by atoms with van der Waals surface area (Å²) in [7, 11) is 0. The number of hydrogen-bond donors (Lipinski definition) is 4. The molecule has 2 aromatic rings. The minimum Gasteiger partial charge on any atom is -0.506 e. The number of hydrogen-bond acceptors (Lipinski definition) is 14. The third kappa shape index (κ3) is 6.83. The molecule has 15 nitrogen and oxygen atoms in total. The van der Waals surface area contributed by atoms with E-state index in [4.69, 9.17) is 9.47 Å². The molecule has 4 N–H and O–H groups in total. The molecule has 1 fully saturated rings. The Bertz CT molecular complexity index is 1410. The van der Waals surface area contributed by atoms with Gasteiger partial charge in [-0.2, -0.15) is 0 Å². The highest BCUT2D eigenvalue weighted by Gasteiger charge is 2.54. The van der Waals surface area contributed by atoms with Crippen LogP contribution in [0.3, 0.4) is 0 Å². The number of esters is 2. The molecule has 1 saturated carbocycles. The fourth-order valence-corrected chi connectivity index (χ4v) is 3.91. The third-order valence-corrected chi connectivity index (χ3v) is 5.92. The first-order chi connectivity index (χ1) is 19.0. The maximum Gasteiger partial charge on any atom is 0.348 e. The van der Waals surface area contributed by atoms with E-state index in [1.54, 1.807) is 0 Å². The first kappa shape index (κ1) is 29.4. The number of ether oxygens (including phenoxy) is 2. The quantitative estimate of drug-likeness (QED) is 0.188. The molecule has 0 aromatic heterocycles. The summed E-state index contributed by atoms with van der Waals surface area (Å²) in [6.45, 7) is 0. The van der Waals surface area contributed by atoms with Crippen LogP contribution in [0.5, 0.6) is 5.75 Å². The van der Waals surface area contributed by atoms with Crippen molar-refractivity contribution in [1.82, 2.24) is 0 Å². The Morgan fingerprint density at radius 3 is 1.98 bits per heavy atom. The van der Waals surface area contributed by atoms with Crippen LogP contribution in [0, 0.1) is 14.7 Å². The maximum atomic E-state index is 12.5. The van der Waals surface area contributed by atoms with Gasteiger partial charge >= 0.3 is 17.9 Å². The van der Waals surface area contributed by atoms with Crippen LogP contribution in [-0.4, -0.2) is 62.2 Å². The molecule has 0 saturated heterocycles. The minimum atomic E-state index is -2.38. The van der Waals surface area contributed by atoms with Gasteiger partial charge in [-0.05, 0) is 63.1 Å². The van der Waals surface area contributed by atoms with E-state index in [1.807, 2.05) is 0 Å². The number of benzene rings is 2. The Kier molecular flexibility index (Phi) is 9.26. The molecule has 0 bridgehead atoms. The van der Waals surface area contributed by atoms with Gasteiger partial charge in [-0.1, -0.05) is 12.1 Å². The molecule has 0 radical (unpaired) electrons. The highest BCUT2D eigenvalue weighted by molar-refractivity contribution is 5.91. The van der Waals surface area contributed by atoms with Crippen molar-refractivity contribution in [1.29, 1.82) is 0 Å². The van der Waals surface area contributed by atoms with E-state index in [2.05, 4.69) is 15.5 Å². The molecule has 1 aliphatic rings. The summed E-state index contributed by atoms with van der Waals surface area (Å²) < 4.78 is 10.3. The van der Waals surface area contributed by atoms with Gasteiger partial charge in [0.15, 0.2) is 0 Å². The molecule has 0 amide bonds. The first-order valence-corrected chi connectivity index (χ1v) is 11.4. The molecule has 2 aromatic carbocycles. The fourth-order valence-electron chi connectivity index (χ4n) is 3.91. The average Bonchev–Trinajstić information content (AvgIpc) is 2.93. The molecule has 0 spiro atoms. The second-order valence-corrected chi connectivity index (χ2v) is 8.60. The number of carboxylic acid groups (broad SMARTS) is 1. The molecule has 40 heavy (non-hydrogen) atoms. The molecule has 0 aliphatic heterocycles. The minimum absolute atomic E-state index is 0.213. The van der Waals surface area contributed by atoms with Crippen LogP contribution in [-0.2, 0) is 23.9 Å². The molecular weight excluding hydrogens is 534 g/mol. The molecule has 208 valence electrons. The average molecular weight is 555 g/mol. The van der Waals surface area contributed by atoms with E-state index in [0.29, 0.717) is 0 Å². The summed E-state index contributed by atoms with van der Waals surface area (Å²) in [5.41, 5.74) is -2.60. The highest BCUT2D eigenvalue weighted by atomic mass is 16.6. The summed E-state index contributed by atoms with van der Waals surface area (Å²) in [6.07, 6.45) is -2.45. The number of aliphatic hydroxyl groups excluding tert-OH is 2. The summed E-state index contributed by atoms with van der Waals surface area (Å²) in [6, 6.07) is 7.38. The van der Waals surface area contributed by atoms with Crippen LogP contribution >= 0.6 is 0 Å². The number of aromatic hydroxyl groups is 1. The molecule has 1 aliphatic carbocycles. The highest BCUT2D eigenvalue weighted by Crippen LogP contribution is 2.35. The van der Waals surface area contributed by atoms with Crippen molar-refractivity contribution >= 4 is 47.1 Å². The predicted molar refractivity (Wildman–Crippen MR) is 137 cm³/mol. The first-order valence-electron chi connectivity index (χ1n) is 11.4. The zero-order valence-electron chi connectivity index (χ0n) is 20.3. The van der Waals surface area contributed by atoms with Crippen LogP contribution < -0.4 is 0 Å². The second kappa shape index (κ2) is 12.6. The van der Waals surface area contributed by atoms with Crippen molar-refractivity contribution in [3.8, 4) is 5.75 Å². The normalized spacial score (nSPS) is 22.5.